The summed E-state index contributed by atoms with van der Waals surface area (Å²) in [5, 5.41) is 0.377. The van der Waals surface area contributed by atoms with Crippen LogP contribution in [-0.4, -0.2) is 0 Å². The Morgan fingerprint density at radius 1 is 1.27 bits per heavy atom. The van der Waals surface area contributed by atoms with Gasteiger partial charge in [-0.3, -0.25) is 0 Å². The van der Waals surface area contributed by atoms with Gasteiger partial charge in [-0.05, 0) is 25.4 Å². The Morgan fingerprint density at radius 2 is 2.00 bits per heavy atom. The van der Waals surface area contributed by atoms with E-state index in [-0.39, 0.29) is 0 Å². The average molecular weight is 171 g/mol. The van der Waals surface area contributed by atoms with Crippen molar-refractivity contribution in [1.29, 1.82) is 0 Å². The SMILES string of the molecule is Cc1oc2cc(Cl)oc2c1C. The summed E-state index contributed by atoms with van der Waals surface area (Å²) in [5.41, 5.74) is 2.50. The lowest BCUT2D eigenvalue weighted by Gasteiger charge is -1.83. The van der Waals surface area contributed by atoms with Gasteiger partial charge in [-0.25, -0.2) is 0 Å². The van der Waals surface area contributed by atoms with Crippen molar-refractivity contribution in [2.75, 3.05) is 0 Å². The number of aryl methyl sites for hydroxylation is 2. The molecule has 58 valence electrons. The smallest absolute Gasteiger partial charge is 0.197 e. The standard InChI is InChI=1S/C8H7ClO2/c1-4-5(2)10-6-3-7(9)11-8(4)6/h3H,1-2H3. The third-order valence-electron chi connectivity index (χ3n) is 1.80. The minimum Gasteiger partial charge on any atom is -0.457 e. The molecule has 0 aliphatic carbocycles. The van der Waals surface area contributed by atoms with E-state index in [1.54, 1.807) is 6.07 Å². The Labute approximate surface area is 68.7 Å². The Bertz CT molecular complexity index is 397. The first-order valence-electron chi connectivity index (χ1n) is 3.33. The van der Waals surface area contributed by atoms with Crippen LogP contribution in [0, 0.1) is 13.8 Å². The molecule has 0 amide bonds. The van der Waals surface area contributed by atoms with Crippen LogP contribution >= 0.6 is 11.6 Å². The lowest BCUT2D eigenvalue weighted by molar-refractivity contribution is 0.575. The summed E-state index contributed by atoms with van der Waals surface area (Å²) in [6.45, 7) is 3.85. The van der Waals surface area contributed by atoms with E-state index in [1.807, 2.05) is 13.8 Å². The molecule has 2 rings (SSSR count). The molecule has 0 aliphatic rings. The zero-order chi connectivity index (χ0) is 8.01. The van der Waals surface area contributed by atoms with Crippen molar-refractivity contribution in [3.05, 3.63) is 22.6 Å². The van der Waals surface area contributed by atoms with Gasteiger partial charge in [0.2, 0.25) is 0 Å². The second-order valence-electron chi connectivity index (χ2n) is 2.53. The molecule has 0 saturated heterocycles. The highest BCUT2D eigenvalue weighted by atomic mass is 35.5. The van der Waals surface area contributed by atoms with E-state index in [0.29, 0.717) is 5.22 Å². The molecular weight excluding hydrogens is 164 g/mol. The predicted octanol–water partition coefficient (Wildman–Crippen LogP) is 3.30. The predicted molar refractivity (Wildman–Crippen MR) is 43.0 cm³/mol. The van der Waals surface area contributed by atoms with Gasteiger partial charge < -0.3 is 8.83 Å². The van der Waals surface area contributed by atoms with Crippen molar-refractivity contribution in [2.45, 2.75) is 13.8 Å². The summed E-state index contributed by atoms with van der Waals surface area (Å²) >= 11 is 5.62. The summed E-state index contributed by atoms with van der Waals surface area (Å²) in [6, 6.07) is 1.68. The summed E-state index contributed by atoms with van der Waals surface area (Å²) in [4.78, 5) is 0. The number of rotatable bonds is 0. The Kier molecular flexibility index (Phi) is 1.26. The monoisotopic (exact) mass is 170 g/mol. The quantitative estimate of drug-likeness (QED) is 0.607. The zero-order valence-electron chi connectivity index (χ0n) is 6.27. The number of halogens is 1. The van der Waals surface area contributed by atoms with Crippen LogP contribution in [0.5, 0.6) is 0 Å². The molecule has 0 radical (unpaired) electrons. The van der Waals surface area contributed by atoms with E-state index < -0.39 is 0 Å². The number of fused-ring (bicyclic) bond motifs is 1. The van der Waals surface area contributed by atoms with E-state index >= 15 is 0 Å². The largest absolute Gasteiger partial charge is 0.457 e. The normalized spacial score (nSPS) is 11.2. The maximum atomic E-state index is 5.62. The molecule has 2 aromatic heterocycles. The molecule has 0 unspecified atom stereocenters. The second kappa shape index (κ2) is 2.05. The summed E-state index contributed by atoms with van der Waals surface area (Å²) in [6.07, 6.45) is 0. The fourth-order valence-corrected chi connectivity index (χ4v) is 1.26. The first-order valence-corrected chi connectivity index (χ1v) is 3.71. The fourth-order valence-electron chi connectivity index (χ4n) is 1.08. The number of furan rings is 2. The van der Waals surface area contributed by atoms with Crippen LogP contribution in [0.2, 0.25) is 5.22 Å². The van der Waals surface area contributed by atoms with Gasteiger partial charge in [0.05, 0.1) is 0 Å². The zero-order valence-corrected chi connectivity index (χ0v) is 7.03. The lowest BCUT2D eigenvalue weighted by Crippen LogP contribution is -1.67. The minimum atomic E-state index is 0.377. The number of hydrogen-bond acceptors (Lipinski definition) is 2. The molecule has 3 heteroatoms. The average Bonchev–Trinajstić information content (AvgIpc) is 2.37. The Balaban J connectivity index is 2.88. The maximum absolute atomic E-state index is 5.62. The molecule has 0 fully saturated rings. The molecule has 0 spiro atoms. The minimum absolute atomic E-state index is 0.377. The molecule has 0 aliphatic heterocycles. The van der Waals surface area contributed by atoms with E-state index in [2.05, 4.69) is 0 Å². The van der Waals surface area contributed by atoms with Crippen LogP contribution in [0.15, 0.2) is 14.9 Å². The molecule has 0 aromatic carbocycles. The van der Waals surface area contributed by atoms with Gasteiger partial charge in [-0.15, -0.1) is 0 Å². The van der Waals surface area contributed by atoms with Crippen molar-refractivity contribution in [2.24, 2.45) is 0 Å². The third-order valence-corrected chi connectivity index (χ3v) is 1.99. The lowest BCUT2D eigenvalue weighted by atomic mass is 10.3. The van der Waals surface area contributed by atoms with E-state index in [1.165, 1.54) is 0 Å². The Hall–Kier alpha value is -0.890. The van der Waals surface area contributed by atoms with Gasteiger partial charge in [0, 0.05) is 11.6 Å². The molecule has 0 bridgehead atoms. The van der Waals surface area contributed by atoms with Crippen LogP contribution in [-0.2, 0) is 0 Å². The van der Waals surface area contributed by atoms with Gasteiger partial charge in [-0.1, -0.05) is 0 Å². The summed E-state index contributed by atoms with van der Waals surface area (Å²) in [7, 11) is 0. The maximum Gasteiger partial charge on any atom is 0.197 e. The highest BCUT2D eigenvalue weighted by Crippen LogP contribution is 2.29. The van der Waals surface area contributed by atoms with Gasteiger partial charge in [0.15, 0.2) is 16.4 Å². The van der Waals surface area contributed by atoms with E-state index in [0.717, 1.165) is 22.5 Å². The van der Waals surface area contributed by atoms with Crippen LogP contribution < -0.4 is 0 Å². The highest BCUT2D eigenvalue weighted by molar-refractivity contribution is 6.29. The van der Waals surface area contributed by atoms with Gasteiger partial charge in [0.25, 0.3) is 0 Å². The molecule has 2 nitrogen and oxygen atoms in total. The van der Waals surface area contributed by atoms with Crippen molar-refractivity contribution in [1.82, 2.24) is 0 Å². The van der Waals surface area contributed by atoms with Gasteiger partial charge in [0.1, 0.15) is 5.76 Å². The summed E-state index contributed by atoms with van der Waals surface area (Å²) < 4.78 is 10.5. The van der Waals surface area contributed by atoms with Gasteiger partial charge in [-0.2, -0.15) is 0 Å². The summed E-state index contributed by atoms with van der Waals surface area (Å²) in [5.74, 6) is 0.885. The van der Waals surface area contributed by atoms with E-state index in [9.17, 15) is 0 Å². The van der Waals surface area contributed by atoms with Crippen molar-refractivity contribution in [3.63, 3.8) is 0 Å². The van der Waals surface area contributed by atoms with Gasteiger partial charge >= 0.3 is 0 Å². The second-order valence-corrected chi connectivity index (χ2v) is 2.90. The molecule has 0 N–H and O–H groups in total. The molecule has 11 heavy (non-hydrogen) atoms. The first kappa shape index (κ1) is 6.80. The van der Waals surface area contributed by atoms with Crippen molar-refractivity contribution >= 4 is 22.8 Å². The topological polar surface area (TPSA) is 26.3 Å². The molecule has 2 heterocycles. The van der Waals surface area contributed by atoms with Crippen molar-refractivity contribution in [3.8, 4) is 0 Å². The van der Waals surface area contributed by atoms with Crippen molar-refractivity contribution < 1.29 is 8.83 Å². The highest BCUT2D eigenvalue weighted by Gasteiger charge is 2.11. The van der Waals surface area contributed by atoms with Crippen LogP contribution in [0.25, 0.3) is 11.2 Å². The Morgan fingerprint density at radius 3 is 2.64 bits per heavy atom. The fraction of sp³-hybridized carbons (Fsp3) is 0.250. The van der Waals surface area contributed by atoms with E-state index in [4.69, 9.17) is 20.4 Å². The molecule has 0 atom stereocenters. The van der Waals surface area contributed by atoms with Crippen LogP contribution in [0.4, 0.5) is 0 Å². The third kappa shape index (κ3) is 0.862. The molecular formula is C8H7ClO2. The number of hydrogen-bond donors (Lipinski definition) is 0. The molecule has 2 aromatic rings. The van der Waals surface area contributed by atoms with Crippen LogP contribution in [0.3, 0.4) is 0 Å². The van der Waals surface area contributed by atoms with Crippen LogP contribution in [0.1, 0.15) is 11.3 Å². The first-order chi connectivity index (χ1) is 5.18. The molecule has 0 saturated carbocycles.